The van der Waals surface area contributed by atoms with E-state index in [1.807, 2.05) is 30.3 Å². The van der Waals surface area contributed by atoms with Crippen LogP contribution >= 0.6 is 11.8 Å². The number of ether oxygens (including phenoxy) is 1. The molecule has 1 aromatic carbocycles. The lowest BCUT2D eigenvalue weighted by Crippen LogP contribution is -2.26. The number of hydrogen-bond donors (Lipinski definition) is 1. The molecule has 17 heavy (non-hydrogen) atoms. The van der Waals surface area contributed by atoms with E-state index in [9.17, 15) is 0 Å². The van der Waals surface area contributed by atoms with Crippen molar-refractivity contribution in [1.29, 1.82) is 0 Å². The summed E-state index contributed by atoms with van der Waals surface area (Å²) in [5.74, 6) is 2.04. The van der Waals surface area contributed by atoms with Crippen molar-refractivity contribution in [2.45, 2.75) is 19.4 Å². The molecule has 0 radical (unpaired) electrons. The molecule has 1 aliphatic heterocycles. The van der Waals surface area contributed by atoms with Crippen molar-refractivity contribution in [3.8, 4) is 5.75 Å². The monoisotopic (exact) mass is 250 g/mol. The van der Waals surface area contributed by atoms with E-state index in [1.54, 1.807) is 11.8 Å². The van der Waals surface area contributed by atoms with Gasteiger partial charge in [-0.05, 0) is 18.6 Å². The molecule has 1 aliphatic rings. The van der Waals surface area contributed by atoms with Gasteiger partial charge in [0.25, 0.3) is 0 Å². The fraction of sp³-hybridized carbons (Fsp3) is 0.462. The fourth-order valence-corrected chi connectivity index (χ4v) is 2.69. The van der Waals surface area contributed by atoms with Crippen LogP contribution in [-0.4, -0.2) is 30.1 Å². The number of hydrogen-bond acceptors (Lipinski definition) is 3. The number of thioether (sulfide) groups is 1. The van der Waals surface area contributed by atoms with Crippen molar-refractivity contribution >= 4 is 16.9 Å². The molecule has 1 unspecified atom stereocenters. The molecule has 0 amide bonds. The minimum absolute atomic E-state index is 0.591. The first-order valence-electron chi connectivity index (χ1n) is 6.00. The van der Waals surface area contributed by atoms with E-state index in [2.05, 4.69) is 17.2 Å². The van der Waals surface area contributed by atoms with Gasteiger partial charge in [0.15, 0.2) is 5.17 Å². The molecule has 1 heterocycles. The minimum atomic E-state index is 0.591. The van der Waals surface area contributed by atoms with Gasteiger partial charge < -0.3 is 10.1 Å². The van der Waals surface area contributed by atoms with Crippen LogP contribution in [0.15, 0.2) is 35.3 Å². The van der Waals surface area contributed by atoms with Crippen molar-refractivity contribution in [1.82, 2.24) is 5.32 Å². The molecule has 0 saturated carbocycles. The predicted octanol–water partition coefficient (Wildman–Crippen LogP) is 2.54. The van der Waals surface area contributed by atoms with Crippen molar-refractivity contribution in [3.63, 3.8) is 0 Å². The van der Waals surface area contributed by atoms with E-state index in [1.165, 1.54) is 0 Å². The average Bonchev–Trinajstić information content (AvgIpc) is 2.84. The van der Waals surface area contributed by atoms with E-state index in [-0.39, 0.29) is 0 Å². The molecule has 3 nitrogen and oxygen atoms in total. The Kier molecular flexibility index (Phi) is 4.74. The largest absolute Gasteiger partial charge is 0.492 e. The Morgan fingerprint density at radius 3 is 2.94 bits per heavy atom. The summed E-state index contributed by atoms with van der Waals surface area (Å²) in [5.41, 5.74) is 0. The highest BCUT2D eigenvalue weighted by Crippen LogP contribution is 2.15. The Balaban J connectivity index is 1.68. The normalized spacial score (nSPS) is 21.5. The number of benzene rings is 1. The van der Waals surface area contributed by atoms with Crippen LogP contribution in [0.25, 0.3) is 0 Å². The molecule has 1 saturated heterocycles. The van der Waals surface area contributed by atoms with Gasteiger partial charge in [-0.1, -0.05) is 36.9 Å². The van der Waals surface area contributed by atoms with Crippen LogP contribution in [0.4, 0.5) is 0 Å². The second-order valence-electron chi connectivity index (χ2n) is 3.91. The van der Waals surface area contributed by atoms with Crippen molar-refractivity contribution in [2.24, 2.45) is 4.99 Å². The maximum absolute atomic E-state index is 5.57. The van der Waals surface area contributed by atoms with Gasteiger partial charge in [-0.3, -0.25) is 4.99 Å². The molecule has 1 atom stereocenters. The van der Waals surface area contributed by atoms with Gasteiger partial charge in [0, 0.05) is 11.8 Å². The highest BCUT2D eigenvalue weighted by molar-refractivity contribution is 8.14. The maximum Gasteiger partial charge on any atom is 0.156 e. The fourth-order valence-electron chi connectivity index (χ4n) is 1.58. The third-order valence-electron chi connectivity index (χ3n) is 2.60. The molecule has 4 heteroatoms. The van der Waals surface area contributed by atoms with Crippen LogP contribution in [0.1, 0.15) is 13.3 Å². The van der Waals surface area contributed by atoms with Gasteiger partial charge >= 0.3 is 0 Å². The molecule has 0 aromatic heterocycles. The number of nitrogens with one attached hydrogen (secondary N) is 1. The van der Waals surface area contributed by atoms with Crippen molar-refractivity contribution < 1.29 is 4.74 Å². The van der Waals surface area contributed by atoms with E-state index < -0.39 is 0 Å². The third kappa shape index (κ3) is 3.97. The van der Waals surface area contributed by atoms with Crippen LogP contribution in [0.5, 0.6) is 5.75 Å². The first-order valence-corrected chi connectivity index (χ1v) is 6.98. The smallest absolute Gasteiger partial charge is 0.156 e. The standard InChI is InChI=1S/C13H18N2OS/c1-2-11-10-17-13(15-11)14-8-9-16-12-6-4-3-5-7-12/h3-7,11H,2,8-10H2,1H3,(H,14,15). The van der Waals surface area contributed by atoms with Crippen LogP contribution in [0.3, 0.4) is 0 Å². The van der Waals surface area contributed by atoms with Gasteiger partial charge in [-0.2, -0.15) is 0 Å². The Hall–Kier alpha value is -1.16. The van der Waals surface area contributed by atoms with E-state index in [0.717, 1.165) is 23.1 Å². The summed E-state index contributed by atoms with van der Waals surface area (Å²) in [4.78, 5) is 4.48. The lowest BCUT2D eigenvalue weighted by atomic mass is 10.3. The van der Waals surface area contributed by atoms with E-state index >= 15 is 0 Å². The summed E-state index contributed by atoms with van der Waals surface area (Å²) >= 11 is 1.80. The van der Waals surface area contributed by atoms with Gasteiger partial charge in [-0.15, -0.1) is 0 Å². The first-order chi connectivity index (χ1) is 8.38. The van der Waals surface area contributed by atoms with Crippen molar-refractivity contribution in [2.75, 3.05) is 18.9 Å². The molecular weight excluding hydrogens is 232 g/mol. The number of para-hydroxylation sites is 1. The Bertz CT molecular complexity index is 367. The molecule has 0 bridgehead atoms. The maximum atomic E-state index is 5.57. The van der Waals surface area contributed by atoms with Gasteiger partial charge in [0.1, 0.15) is 12.4 Å². The molecule has 1 fully saturated rings. The number of aliphatic imine (C=N–C) groups is 1. The quantitative estimate of drug-likeness (QED) is 0.815. The highest BCUT2D eigenvalue weighted by Gasteiger charge is 2.17. The molecular formula is C13H18N2OS. The molecule has 1 aromatic rings. The molecule has 1 N–H and O–H groups in total. The van der Waals surface area contributed by atoms with Crippen LogP contribution < -0.4 is 10.1 Å². The number of nitrogens with zero attached hydrogens (tertiary/aromatic N) is 1. The first kappa shape index (κ1) is 12.3. The lowest BCUT2D eigenvalue weighted by molar-refractivity contribution is 0.329. The Morgan fingerprint density at radius 1 is 1.41 bits per heavy atom. The van der Waals surface area contributed by atoms with Crippen LogP contribution in [-0.2, 0) is 0 Å². The van der Waals surface area contributed by atoms with Gasteiger partial charge in [0.05, 0.1) is 6.54 Å². The predicted molar refractivity (Wildman–Crippen MR) is 73.9 cm³/mol. The average molecular weight is 250 g/mol. The molecule has 0 aliphatic carbocycles. The summed E-state index contributed by atoms with van der Waals surface area (Å²) < 4.78 is 5.57. The highest BCUT2D eigenvalue weighted by atomic mass is 32.2. The van der Waals surface area contributed by atoms with Gasteiger partial charge in [-0.25, -0.2) is 0 Å². The summed E-state index contributed by atoms with van der Waals surface area (Å²) in [7, 11) is 0. The summed E-state index contributed by atoms with van der Waals surface area (Å²) in [5, 5.41) is 4.46. The van der Waals surface area contributed by atoms with E-state index in [4.69, 9.17) is 4.74 Å². The van der Waals surface area contributed by atoms with Crippen LogP contribution in [0, 0.1) is 0 Å². The molecule has 2 rings (SSSR count). The second kappa shape index (κ2) is 6.55. The Morgan fingerprint density at radius 2 is 2.24 bits per heavy atom. The lowest BCUT2D eigenvalue weighted by Gasteiger charge is -2.05. The van der Waals surface area contributed by atoms with Gasteiger partial charge in [0.2, 0.25) is 0 Å². The second-order valence-corrected chi connectivity index (χ2v) is 4.92. The van der Waals surface area contributed by atoms with Crippen LogP contribution in [0.2, 0.25) is 0 Å². The molecule has 0 spiro atoms. The topological polar surface area (TPSA) is 33.6 Å². The molecule has 92 valence electrons. The number of rotatable bonds is 5. The zero-order valence-corrected chi connectivity index (χ0v) is 10.9. The minimum Gasteiger partial charge on any atom is -0.492 e. The van der Waals surface area contributed by atoms with E-state index in [0.29, 0.717) is 19.2 Å². The number of amidine groups is 1. The zero-order valence-electron chi connectivity index (χ0n) is 10.1. The summed E-state index contributed by atoms with van der Waals surface area (Å²) in [6.45, 7) is 3.53. The SMILES string of the molecule is CCC1CSC(=NCCOc2ccccc2)N1. The Labute approximate surface area is 107 Å². The third-order valence-corrected chi connectivity index (χ3v) is 3.69. The van der Waals surface area contributed by atoms with Crippen molar-refractivity contribution in [3.05, 3.63) is 30.3 Å². The zero-order chi connectivity index (χ0) is 11.9. The summed E-state index contributed by atoms with van der Waals surface area (Å²) in [6, 6.07) is 10.4. The summed E-state index contributed by atoms with van der Waals surface area (Å²) in [6.07, 6.45) is 1.16.